The Hall–Kier alpha value is -4.08. The zero-order chi connectivity index (χ0) is 28.0. The number of carboxylic acids is 1. The molecule has 2 aromatic carbocycles. The number of ether oxygens (including phenoxy) is 1. The fourth-order valence-corrected chi connectivity index (χ4v) is 4.58. The summed E-state index contributed by atoms with van der Waals surface area (Å²) in [5, 5.41) is 15.8. The molecule has 3 aromatic rings. The number of aliphatic carboxylic acids is 1. The number of hydrogen-bond acceptors (Lipinski definition) is 6. The first kappa shape index (κ1) is 27.9. The number of benzene rings is 2. The monoisotopic (exact) mass is 541 g/mol. The van der Waals surface area contributed by atoms with Crippen molar-refractivity contribution in [2.24, 2.45) is 5.92 Å². The van der Waals surface area contributed by atoms with Gasteiger partial charge in [-0.2, -0.15) is 13.2 Å². The highest BCUT2D eigenvalue weighted by atomic mass is 19.4. The van der Waals surface area contributed by atoms with E-state index in [0.717, 1.165) is 35.5 Å². The Labute approximate surface area is 224 Å². The number of carbonyl (C=O) groups excluding carboxylic acids is 1. The zero-order valence-electron chi connectivity index (χ0n) is 21.4. The van der Waals surface area contributed by atoms with Crippen molar-refractivity contribution in [3.05, 3.63) is 83.0 Å². The maximum atomic E-state index is 13.3. The van der Waals surface area contributed by atoms with Crippen LogP contribution in [0, 0.1) is 12.8 Å². The lowest BCUT2D eigenvalue weighted by molar-refractivity contribution is -0.140. The average molecular weight is 542 g/mol. The Morgan fingerprint density at radius 2 is 1.92 bits per heavy atom. The smallest absolute Gasteiger partial charge is 0.416 e. The molecule has 2 heterocycles. The standard InChI is InChI=1S/C29H30F3N3O4/c1-18-9-11-34-26(13-18)33-10-2-12-39-23-8-5-20-15-21(16-27(36)37)28(38)25(35-24(20)17-23)14-19-3-6-22(7-4-19)29(30,31)32/h3-9,11,13,17,21,25,35H,2,10,12,14-16H2,1H3,(H,33,34)(H,36,37)/t21?,25-/m0/s1. The molecule has 0 fully saturated rings. The van der Waals surface area contributed by atoms with E-state index < -0.39 is 29.7 Å². The fourth-order valence-electron chi connectivity index (χ4n) is 4.58. The summed E-state index contributed by atoms with van der Waals surface area (Å²) in [5.41, 5.74) is 2.31. The molecule has 0 spiro atoms. The summed E-state index contributed by atoms with van der Waals surface area (Å²) in [6, 6.07) is 13.1. The molecule has 7 nitrogen and oxygen atoms in total. The number of hydrogen-bond donors (Lipinski definition) is 3. The number of ketones is 1. The molecule has 10 heteroatoms. The molecular formula is C29H30F3N3O4. The first-order valence-electron chi connectivity index (χ1n) is 12.7. The van der Waals surface area contributed by atoms with Gasteiger partial charge in [0.25, 0.3) is 0 Å². The van der Waals surface area contributed by atoms with Gasteiger partial charge in [0.15, 0.2) is 5.78 Å². The van der Waals surface area contributed by atoms with Crippen LogP contribution in [0.2, 0.25) is 0 Å². The lowest BCUT2D eigenvalue weighted by Crippen LogP contribution is -2.36. The van der Waals surface area contributed by atoms with Crippen molar-refractivity contribution in [2.45, 2.75) is 44.8 Å². The summed E-state index contributed by atoms with van der Waals surface area (Å²) in [5.74, 6) is -0.744. The summed E-state index contributed by atoms with van der Waals surface area (Å²) in [6.07, 6.45) is -1.96. The largest absolute Gasteiger partial charge is 0.493 e. The van der Waals surface area contributed by atoms with E-state index in [4.69, 9.17) is 4.74 Å². The second-order valence-corrected chi connectivity index (χ2v) is 9.66. The Morgan fingerprint density at radius 1 is 1.15 bits per heavy atom. The van der Waals surface area contributed by atoms with Gasteiger partial charge in [0.05, 0.1) is 24.6 Å². The molecule has 0 amide bonds. The average Bonchev–Trinajstić information content (AvgIpc) is 2.99. The Balaban J connectivity index is 1.43. The number of Topliss-reactive ketones (excluding diaryl/α,β-unsaturated/α-hetero) is 1. The number of nitrogens with one attached hydrogen (secondary N) is 2. The first-order chi connectivity index (χ1) is 18.6. The number of nitrogens with zero attached hydrogens (tertiary/aromatic N) is 1. The summed E-state index contributed by atoms with van der Waals surface area (Å²) in [6.45, 7) is 3.10. The molecule has 0 saturated carbocycles. The Bertz CT molecular complexity index is 1310. The van der Waals surface area contributed by atoms with Crippen molar-refractivity contribution >= 4 is 23.3 Å². The maximum Gasteiger partial charge on any atom is 0.416 e. The molecule has 206 valence electrons. The van der Waals surface area contributed by atoms with Crippen LogP contribution in [0.3, 0.4) is 0 Å². The van der Waals surface area contributed by atoms with Crippen molar-refractivity contribution in [3.63, 3.8) is 0 Å². The van der Waals surface area contributed by atoms with Crippen molar-refractivity contribution in [1.29, 1.82) is 0 Å². The molecule has 0 aliphatic carbocycles. The lowest BCUT2D eigenvalue weighted by Gasteiger charge is -2.20. The van der Waals surface area contributed by atoms with Crippen LogP contribution in [-0.2, 0) is 28.6 Å². The van der Waals surface area contributed by atoms with E-state index in [-0.39, 0.29) is 25.0 Å². The van der Waals surface area contributed by atoms with Gasteiger partial charge >= 0.3 is 12.1 Å². The van der Waals surface area contributed by atoms with Crippen LogP contribution in [0.5, 0.6) is 5.75 Å². The molecule has 3 N–H and O–H groups in total. The highest BCUT2D eigenvalue weighted by Crippen LogP contribution is 2.33. The molecule has 1 unspecified atom stereocenters. The molecule has 1 aliphatic rings. The number of aromatic nitrogens is 1. The third-order valence-corrected chi connectivity index (χ3v) is 6.58. The number of fused-ring (bicyclic) bond motifs is 1. The predicted molar refractivity (Wildman–Crippen MR) is 141 cm³/mol. The zero-order valence-corrected chi connectivity index (χ0v) is 21.4. The molecular weight excluding hydrogens is 511 g/mol. The van der Waals surface area contributed by atoms with Crippen molar-refractivity contribution in [3.8, 4) is 5.75 Å². The molecule has 0 saturated heterocycles. The van der Waals surface area contributed by atoms with Crippen LogP contribution >= 0.6 is 0 Å². The van der Waals surface area contributed by atoms with Crippen LogP contribution in [0.4, 0.5) is 24.7 Å². The van der Waals surface area contributed by atoms with Gasteiger partial charge < -0.3 is 20.5 Å². The van der Waals surface area contributed by atoms with Crippen LogP contribution in [-0.4, -0.2) is 41.0 Å². The summed E-state index contributed by atoms with van der Waals surface area (Å²) < 4.78 is 44.8. The van der Waals surface area contributed by atoms with Crippen LogP contribution in [0.25, 0.3) is 0 Å². The van der Waals surface area contributed by atoms with Gasteiger partial charge in [-0.25, -0.2) is 4.98 Å². The molecule has 0 radical (unpaired) electrons. The SMILES string of the molecule is Cc1ccnc(NCCCOc2ccc3c(c2)N[C@@H](Cc2ccc(C(F)(F)F)cc2)C(=O)C(CC(=O)O)C3)c1. The molecule has 0 bridgehead atoms. The topological polar surface area (TPSA) is 101 Å². The van der Waals surface area contributed by atoms with Crippen molar-refractivity contribution in [1.82, 2.24) is 4.98 Å². The molecule has 2 atom stereocenters. The predicted octanol–water partition coefficient (Wildman–Crippen LogP) is 5.53. The quantitative estimate of drug-likeness (QED) is 0.290. The number of carbonyl (C=O) groups is 2. The summed E-state index contributed by atoms with van der Waals surface area (Å²) >= 11 is 0. The molecule has 4 rings (SSSR count). The molecule has 1 aromatic heterocycles. The van der Waals surface area contributed by atoms with E-state index in [9.17, 15) is 27.9 Å². The number of aryl methyl sites for hydroxylation is 1. The minimum atomic E-state index is -4.45. The third kappa shape index (κ3) is 7.72. The first-order valence-corrected chi connectivity index (χ1v) is 12.7. The highest BCUT2D eigenvalue weighted by Gasteiger charge is 2.34. The number of anilines is 2. The normalized spacial score (nSPS) is 17.1. The van der Waals surface area contributed by atoms with E-state index >= 15 is 0 Å². The number of halogens is 3. The highest BCUT2D eigenvalue weighted by molar-refractivity contribution is 5.93. The minimum absolute atomic E-state index is 0.121. The third-order valence-electron chi connectivity index (χ3n) is 6.58. The van der Waals surface area contributed by atoms with E-state index in [2.05, 4.69) is 15.6 Å². The molecule has 39 heavy (non-hydrogen) atoms. The van der Waals surface area contributed by atoms with Gasteiger partial charge in [-0.1, -0.05) is 18.2 Å². The molecule has 1 aliphatic heterocycles. The number of rotatable bonds is 10. The van der Waals surface area contributed by atoms with Gasteiger partial charge in [-0.15, -0.1) is 0 Å². The van der Waals surface area contributed by atoms with Crippen molar-refractivity contribution in [2.75, 3.05) is 23.8 Å². The van der Waals surface area contributed by atoms with Crippen LogP contribution in [0.1, 0.15) is 35.1 Å². The minimum Gasteiger partial charge on any atom is -0.493 e. The van der Waals surface area contributed by atoms with Crippen LogP contribution < -0.4 is 15.4 Å². The Morgan fingerprint density at radius 3 is 2.62 bits per heavy atom. The fraction of sp³-hybridized carbons (Fsp3) is 0.345. The van der Waals surface area contributed by atoms with Gasteiger partial charge in [-0.05, 0) is 73.2 Å². The number of pyridine rings is 1. The van der Waals surface area contributed by atoms with E-state index in [1.807, 2.05) is 25.1 Å². The second kappa shape index (κ2) is 12.2. The summed E-state index contributed by atoms with van der Waals surface area (Å²) in [7, 11) is 0. The van der Waals surface area contributed by atoms with Gasteiger partial charge in [0.1, 0.15) is 11.6 Å². The number of carboxylic acid groups (broad SMARTS) is 1. The van der Waals surface area contributed by atoms with E-state index in [1.165, 1.54) is 12.1 Å². The van der Waals surface area contributed by atoms with Gasteiger partial charge in [0.2, 0.25) is 0 Å². The lowest BCUT2D eigenvalue weighted by atomic mass is 9.88. The number of alkyl halides is 3. The van der Waals surface area contributed by atoms with E-state index in [0.29, 0.717) is 30.2 Å². The van der Waals surface area contributed by atoms with Crippen molar-refractivity contribution < 1.29 is 32.6 Å². The van der Waals surface area contributed by atoms with E-state index in [1.54, 1.807) is 18.3 Å². The van der Waals surface area contributed by atoms with Gasteiger partial charge in [-0.3, -0.25) is 9.59 Å². The van der Waals surface area contributed by atoms with Crippen LogP contribution in [0.15, 0.2) is 60.8 Å². The van der Waals surface area contributed by atoms with Gasteiger partial charge in [0, 0.05) is 30.4 Å². The second-order valence-electron chi connectivity index (χ2n) is 9.66. The maximum absolute atomic E-state index is 13.3. The summed E-state index contributed by atoms with van der Waals surface area (Å²) in [4.78, 5) is 29.0. The Kier molecular flexibility index (Phi) is 8.73.